The number of likely N-dealkylation sites (tertiary alicyclic amines) is 1. The SMILES string of the molecule is CC(=O)N[C@H](C=O)CSCC(O)CN1C(=O)C2(CCN(CC3CCCCCCC3)CC2)c2ccccc21. The number of aldehydes is 1. The molecule has 37 heavy (non-hydrogen) atoms. The topological polar surface area (TPSA) is 90.0 Å². The molecule has 2 amide bonds. The predicted molar refractivity (Wildman–Crippen MR) is 149 cm³/mol. The van der Waals surface area contributed by atoms with Gasteiger partial charge in [0.2, 0.25) is 11.8 Å². The minimum Gasteiger partial charge on any atom is -0.390 e. The summed E-state index contributed by atoms with van der Waals surface area (Å²) in [5, 5.41) is 13.4. The Hall–Kier alpha value is -1.90. The molecule has 1 aromatic carbocycles. The van der Waals surface area contributed by atoms with Gasteiger partial charge in [0.15, 0.2) is 0 Å². The van der Waals surface area contributed by atoms with E-state index >= 15 is 0 Å². The molecule has 2 aliphatic heterocycles. The van der Waals surface area contributed by atoms with Gasteiger partial charge >= 0.3 is 0 Å². The van der Waals surface area contributed by atoms with Crippen molar-refractivity contribution in [3.63, 3.8) is 0 Å². The molecule has 4 rings (SSSR count). The van der Waals surface area contributed by atoms with Crippen LogP contribution in [0.2, 0.25) is 0 Å². The monoisotopic (exact) mass is 529 g/mol. The highest BCUT2D eigenvalue weighted by molar-refractivity contribution is 7.99. The number of benzene rings is 1. The molecule has 1 aliphatic carbocycles. The molecule has 0 radical (unpaired) electrons. The van der Waals surface area contributed by atoms with Gasteiger partial charge in [0.25, 0.3) is 0 Å². The standard InChI is InChI=1S/C29H43N3O4S/c1-22(34)30-24(19-33)20-37-21-25(35)18-32-27-12-8-7-11-26(27)29(28(32)36)13-15-31(16-14-29)17-23-9-5-3-2-4-6-10-23/h7-8,11-12,19,23-25,35H,2-6,9-10,13-18,20-21H2,1H3,(H,30,34)/t24-,25?/m1/s1. The van der Waals surface area contributed by atoms with E-state index in [2.05, 4.69) is 16.3 Å². The highest BCUT2D eigenvalue weighted by Gasteiger charge is 2.52. The van der Waals surface area contributed by atoms with Gasteiger partial charge in [0, 0.05) is 30.7 Å². The van der Waals surface area contributed by atoms with Crippen LogP contribution in [0, 0.1) is 5.92 Å². The van der Waals surface area contributed by atoms with Crippen LogP contribution in [-0.2, 0) is 19.8 Å². The van der Waals surface area contributed by atoms with E-state index in [1.807, 2.05) is 18.2 Å². The zero-order valence-corrected chi connectivity index (χ0v) is 23.0. The van der Waals surface area contributed by atoms with Crippen molar-refractivity contribution < 1.29 is 19.5 Å². The van der Waals surface area contributed by atoms with E-state index in [0.29, 0.717) is 17.8 Å². The van der Waals surface area contributed by atoms with E-state index in [0.717, 1.165) is 49.6 Å². The lowest BCUT2D eigenvalue weighted by Gasteiger charge is -2.40. The quantitative estimate of drug-likeness (QED) is 0.451. The van der Waals surface area contributed by atoms with Crippen molar-refractivity contribution >= 4 is 35.5 Å². The Balaban J connectivity index is 1.35. The van der Waals surface area contributed by atoms with Gasteiger partial charge in [-0.15, -0.1) is 0 Å². The molecule has 2 heterocycles. The summed E-state index contributed by atoms with van der Waals surface area (Å²) < 4.78 is 0. The molecule has 1 saturated carbocycles. The Morgan fingerprint density at radius 1 is 1.14 bits per heavy atom. The smallest absolute Gasteiger partial charge is 0.237 e. The summed E-state index contributed by atoms with van der Waals surface area (Å²) in [4.78, 5) is 40.6. The third-order valence-corrected chi connectivity index (χ3v) is 9.58. The fourth-order valence-electron chi connectivity index (χ4n) is 6.44. The molecule has 2 N–H and O–H groups in total. The highest BCUT2D eigenvalue weighted by Crippen LogP contribution is 2.48. The number of nitrogens with one attached hydrogen (secondary N) is 1. The minimum absolute atomic E-state index is 0.118. The van der Waals surface area contributed by atoms with Crippen molar-refractivity contribution in [1.29, 1.82) is 0 Å². The lowest BCUT2D eigenvalue weighted by atomic mass is 9.73. The Labute approximate surface area is 225 Å². The van der Waals surface area contributed by atoms with E-state index in [-0.39, 0.29) is 18.4 Å². The molecule has 1 aromatic rings. The van der Waals surface area contributed by atoms with Crippen molar-refractivity contribution in [2.24, 2.45) is 5.92 Å². The summed E-state index contributed by atoms with van der Waals surface area (Å²) in [5.74, 6) is 1.43. The number of fused-ring (bicyclic) bond motifs is 2. The summed E-state index contributed by atoms with van der Waals surface area (Å²) in [6.45, 7) is 4.66. The second kappa shape index (κ2) is 13.3. The number of carbonyl (C=O) groups is 3. The van der Waals surface area contributed by atoms with E-state index in [1.54, 1.807) is 4.90 Å². The first-order valence-electron chi connectivity index (χ1n) is 14.0. The summed E-state index contributed by atoms with van der Waals surface area (Å²) in [6.07, 6.45) is 11.2. The fraction of sp³-hybridized carbons (Fsp3) is 0.690. The number of aliphatic hydroxyl groups is 1. The maximum absolute atomic E-state index is 13.9. The second-order valence-electron chi connectivity index (χ2n) is 11.2. The van der Waals surface area contributed by atoms with Gasteiger partial charge in [-0.3, -0.25) is 9.59 Å². The molecule has 2 fully saturated rings. The normalized spacial score (nSPS) is 22.2. The molecular formula is C29H43N3O4S. The number of piperidine rings is 1. The number of rotatable bonds is 10. The lowest BCUT2D eigenvalue weighted by Crippen LogP contribution is -2.50. The van der Waals surface area contributed by atoms with Crippen LogP contribution in [-0.4, -0.2) is 77.9 Å². The van der Waals surface area contributed by atoms with Crippen LogP contribution in [0.3, 0.4) is 0 Å². The number of hydrogen-bond donors (Lipinski definition) is 2. The summed E-state index contributed by atoms with van der Waals surface area (Å²) >= 11 is 1.41. The van der Waals surface area contributed by atoms with Crippen LogP contribution < -0.4 is 10.2 Å². The number of para-hydroxylation sites is 1. The Morgan fingerprint density at radius 3 is 2.49 bits per heavy atom. The van der Waals surface area contributed by atoms with Crippen molar-refractivity contribution in [2.75, 3.05) is 42.6 Å². The minimum atomic E-state index is -0.721. The predicted octanol–water partition coefficient (Wildman–Crippen LogP) is 3.53. The lowest BCUT2D eigenvalue weighted by molar-refractivity contribution is -0.125. The van der Waals surface area contributed by atoms with Crippen molar-refractivity contribution in [3.05, 3.63) is 29.8 Å². The zero-order valence-electron chi connectivity index (χ0n) is 22.2. The molecule has 204 valence electrons. The van der Waals surface area contributed by atoms with E-state index in [4.69, 9.17) is 0 Å². The molecule has 1 unspecified atom stereocenters. The first kappa shape index (κ1) is 28.1. The van der Waals surface area contributed by atoms with Crippen molar-refractivity contribution in [2.45, 2.75) is 82.3 Å². The molecule has 1 saturated heterocycles. The highest BCUT2D eigenvalue weighted by atomic mass is 32.2. The summed E-state index contributed by atoms with van der Waals surface area (Å²) in [6, 6.07) is 7.51. The Morgan fingerprint density at radius 2 is 1.81 bits per heavy atom. The largest absolute Gasteiger partial charge is 0.390 e. The van der Waals surface area contributed by atoms with Gasteiger partial charge in [0.1, 0.15) is 6.29 Å². The van der Waals surface area contributed by atoms with Gasteiger partial charge in [-0.25, -0.2) is 0 Å². The van der Waals surface area contributed by atoms with Gasteiger partial charge in [0.05, 0.1) is 24.1 Å². The van der Waals surface area contributed by atoms with Crippen molar-refractivity contribution in [3.8, 4) is 0 Å². The third kappa shape index (κ3) is 6.95. The number of hydrogen-bond acceptors (Lipinski definition) is 6. The summed E-state index contributed by atoms with van der Waals surface area (Å²) in [7, 11) is 0. The molecule has 3 aliphatic rings. The van der Waals surface area contributed by atoms with E-state index < -0.39 is 17.6 Å². The number of nitrogens with zero attached hydrogens (tertiary/aromatic N) is 2. The zero-order chi connectivity index (χ0) is 26.3. The fourth-order valence-corrected chi connectivity index (χ4v) is 7.37. The number of thioether (sulfide) groups is 1. The maximum Gasteiger partial charge on any atom is 0.237 e. The van der Waals surface area contributed by atoms with Crippen LogP contribution >= 0.6 is 11.8 Å². The number of aliphatic hydroxyl groups excluding tert-OH is 1. The van der Waals surface area contributed by atoms with Gasteiger partial charge < -0.3 is 25.0 Å². The Bertz CT molecular complexity index is 925. The molecule has 7 nitrogen and oxygen atoms in total. The van der Waals surface area contributed by atoms with E-state index in [1.165, 1.54) is 63.6 Å². The number of amides is 2. The van der Waals surface area contributed by atoms with Gasteiger partial charge in [-0.05, 0) is 56.3 Å². The van der Waals surface area contributed by atoms with Gasteiger partial charge in [-0.1, -0.05) is 50.3 Å². The van der Waals surface area contributed by atoms with Crippen LogP contribution in [0.25, 0.3) is 0 Å². The number of carbonyl (C=O) groups excluding carboxylic acids is 3. The van der Waals surface area contributed by atoms with Gasteiger partial charge in [-0.2, -0.15) is 11.8 Å². The average molecular weight is 530 g/mol. The molecule has 8 heteroatoms. The number of anilines is 1. The maximum atomic E-state index is 13.9. The third-order valence-electron chi connectivity index (χ3n) is 8.37. The molecule has 1 spiro atoms. The average Bonchev–Trinajstić information content (AvgIpc) is 3.09. The van der Waals surface area contributed by atoms with Crippen LogP contribution in [0.1, 0.15) is 70.3 Å². The number of β-amino-alcohol motifs (C(OH)–C–C–N with tert-alkyl or cyclic N) is 1. The first-order chi connectivity index (χ1) is 17.9. The molecular weight excluding hydrogens is 486 g/mol. The van der Waals surface area contributed by atoms with Crippen LogP contribution in [0.4, 0.5) is 5.69 Å². The first-order valence-corrected chi connectivity index (χ1v) is 15.2. The van der Waals surface area contributed by atoms with Crippen LogP contribution in [0.15, 0.2) is 24.3 Å². The van der Waals surface area contributed by atoms with Crippen molar-refractivity contribution in [1.82, 2.24) is 10.2 Å². The summed E-state index contributed by atoms with van der Waals surface area (Å²) in [5.41, 5.74) is 1.54. The molecule has 0 aromatic heterocycles. The Kier molecular flexibility index (Phi) is 10.1. The molecule has 2 atom stereocenters. The van der Waals surface area contributed by atoms with E-state index in [9.17, 15) is 19.5 Å². The molecule has 0 bridgehead atoms. The van der Waals surface area contributed by atoms with Crippen LogP contribution in [0.5, 0.6) is 0 Å². The second-order valence-corrected chi connectivity index (χ2v) is 12.2.